The molecule has 2 amide bonds. The van der Waals surface area contributed by atoms with Crippen molar-refractivity contribution in [3.63, 3.8) is 0 Å². The fraction of sp³-hybridized carbons (Fsp3) is 0.368. The largest absolute Gasteiger partial charge is 0.355 e. The number of rotatable bonds is 1. The zero-order chi connectivity index (χ0) is 17.9. The maximum absolute atomic E-state index is 13.0. The monoisotopic (exact) mass is 372 g/mol. The zero-order valence-corrected chi connectivity index (χ0v) is 14.9. The second-order valence-electron chi connectivity index (χ2n) is 7.50. The first-order valence-corrected chi connectivity index (χ1v) is 9.12. The molecule has 5 rings (SSSR count). The van der Waals surface area contributed by atoms with Gasteiger partial charge in [-0.1, -0.05) is 11.6 Å². The number of likely N-dealkylation sites (tertiary alicyclic amines) is 1. The Morgan fingerprint density at radius 3 is 2.69 bits per heavy atom. The topological polar surface area (TPSA) is 39.7 Å². The standard InChI is InChI=1S/C19H18ClFN4O/c20-14-1-3-16-13(7-14)5-6-25(16)18(26)24-11-19(12-24)9-23(10-19)17-4-2-15(21)8-22-17/h1-4,7-8H,5-6,9-12H2. The van der Waals surface area contributed by atoms with Crippen molar-refractivity contribution in [1.82, 2.24) is 9.88 Å². The van der Waals surface area contributed by atoms with E-state index >= 15 is 0 Å². The summed E-state index contributed by atoms with van der Waals surface area (Å²) in [4.78, 5) is 22.9. The number of carbonyl (C=O) groups is 1. The van der Waals surface area contributed by atoms with Crippen molar-refractivity contribution >= 4 is 29.1 Å². The van der Waals surface area contributed by atoms with E-state index in [0.29, 0.717) is 11.6 Å². The number of aromatic nitrogens is 1. The lowest BCUT2D eigenvalue weighted by Crippen LogP contribution is -2.74. The molecule has 1 aromatic heterocycles. The van der Waals surface area contributed by atoms with Crippen molar-refractivity contribution in [1.29, 1.82) is 0 Å². The number of nitrogens with zero attached hydrogens (tertiary/aromatic N) is 4. The van der Waals surface area contributed by atoms with Crippen LogP contribution in [0.2, 0.25) is 5.02 Å². The molecule has 2 fully saturated rings. The zero-order valence-electron chi connectivity index (χ0n) is 14.2. The Bertz CT molecular complexity index is 874. The summed E-state index contributed by atoms with van der Waals surface area (Å²) in [6, 6.07) is 8.93. The molecule has 0 radical (unpaired) electrons. The van der Waals surface area contributed by atoms with Gasteiger partial charge in [-0.25, -0.2) is 14.2 Å². The molecule has 0 N–H and O–H groups in total. The highest BCUT2D eigenvalue weighted by Gasteiger charge is 2.54. The number of pyridine rings is 1. The summed E-state index contributed by atoms with van der Waals surface area (Å²) in [5.74, 6) is 0.476. The molecule has 0 atom stereocenters. The molecule has 0 aliphatic carbocycles. The normalized spacial score (nSPS) is 20.0. The summed E-state index contributed by atoms with van der Waals surface area (Å²) in [7, 11) is 0. The molecule has 2 aromatic rings. The lowest BCUT2D eigenvalue weighted by atomic mass is 9.73. The molecule has 1 spiro atoms. The molecule has 3 aliphatic rings. The molecule has 1 aromatic carbocycles. The van der Waals surface area contributed by atoms with E-state index in [0.717, 1.165) is 49.7 Å². The number of anilines is 2. The Morgan fingerprint density at radius 2 is 1.96 bits per heavy atom. The molecular weight excluding hydrogens is 355 g/mol. The van der Waals surface area contributed by atoms with Gasteiger partial charge in [-0.2, -0.15) is 0 Å². The molecule has 26 heavy (non-hydrogen) atoms. The summed E-state index contributed by atoms with van der Waals surface area (Å²) < 4.78 is 13.0. The third kappa shape index (κ3) is 2.43. The van der Waals surface area contributed by atoms with Gasteiger partial charge in [0.15, 0.2) is 0 Å². The van der Waals surface area contributed by atoms with Crippen LogP contribution in [0, 0.1) is 11.2 Å². The number of amides is 2. The summed E-state index contributed by atoms with van der Waals surface area (Å²) in [6.45, 7) is 3.97. The van der Waals surface area contributed by atoms with Gasteiger partial charge >= 0.3 is 6.03 Å². The van der Waals surface area contributed by atoms with Crippen LogP contribution in [-0.2, 0) is 6.42 Å². The summed E-state index contributed by atoms with van der Waals surface area (Å²) in [5.41, 5.74) is 2.28. The van der Waals surface area contributed by atoms with Crippen LogP contribution in [0.3, 0.4) is 0 Å². The van der Waals surface area contributed by atoms with Gasteiger partial charge in [0.05, 0.1) is 6.20 Å². The van der Waals surface area contributed by atoms with E-state index < -0.39 is 0 Å². The van der Waals surface area contributed by atoms with E-state index in [9.17, 15) is 9.18 Å². The van der Waals surface area contributed by atoms with E-state index in [-0.39, 0.29) is 17.3 Å². The highest BCUT2D eigenvalue weighted by molar-refractivity contribution is 6.30. The fourth-order valence-corrected chi connectivity index (χ4v) is 4.51. The molecule has 0 saturated carbocycles. The molecular formula is C19H18ClFN4O. The van der Waals surface area contributed by atoms with Crippen molar-refractivity contribution in [2.24, 2.45) is 5.41 Å². The molecule has 4 heterocycles. The lowest BCUT2D eigenvalue weighted by molar-refractivity contribution is 0.00980. The Hall–Kier alpha value is -2.34. The van der Waals surface area contributed by atoms with Gasteiger partial charge in [0.2, 0.25) is 0 Å². The van der Waals surface area contributed by atoms with Crippen molar-refractivity contribution in [3.8, 4) is 0 Å². The van der Waals surface area contributed by atoms with Gasteiger partial charge in [-0.3, -0.25) is 4.90 Å². The number of benzene rings is 1. The van der Waals surface area contributed by atoms with Crippen LogP contribution in [0.25, 0.3) is 0 Å². The SMILES string of the molecule is O=C(N1CC2(C1)CN(c1ccc(F)cn1)C2)N1CCc2cc(Cl)ccc21. The maximum atomic E-state index is 13.0. The number of hydrogen-bond donors (Lipinski definition) is 0. The van der Waals surface area contributed by atoms with Crippen molar-refractivity contribution in [2.75, 3.05) is 42.5 Å². The van der Waals surface area contributed by atoms with E-state index in [1.807, 2.05) is 28.0 Å². The van der Waals surface area contributed by atoms with Crippen LogP contribution in [0.5, 0.6) is 0 Å². The van der Waals surface area contributed by atoms with E-state index in [1.54, 1.807) is 6.07 Å². The van der Waals surface area contributed by atoms with Crippen molar-refractivity contribution in [3.05, 3.63) is 52.9 Å². The van der Waals surface area contributed by atoms with Gasteiger partial charge in [0, 0.05) is 48.8 Å². The highest BCUT2D eigenvalue weighted by atomic mass is 35.5. The predicted molar refractivity (Wildman–Crippen MR) is 98.3 cm³/mol. The van der Waals surface area contributed by atoms with Gasteiger partial charge in [-0.05, 0) is 42.3 Å². The summed E-state index contributed by atoms with van der Waals surface area (Å²) in [5, 5.41) is 0.713. The second kappa shape index (κ2) is 5.58. The third-order valence-corrected chi connectivity index (χ3v) is 5.81. The Morgan fingerprint density at radius 1 is 1.15 bits per heavy atom. The fourth-order valence-electron chi connectivity index (χ4n) is 4.32. The van der Waals surface area contributed by atoms with E-state index in [1.165, 1.54) is 12.3 Å². The van der Waals surface area contributed by atoms with Crippen LogP contribution in [-0.4, -0.2) is 48.6 Å². The minimum atomic E-state index is -0.323. The Labute approximate surface area is 156 Å². The quantitative estimate of drug-likeness (QED) is 0.772. The smallest absolute Gasteiger partial charge is 0.324 e. The molecule has 0 unspecified atom stereocenters. The van der Waals surface area contributed by atoms with E-state index in [4.69, 9.17) is 11.6 Å². The first-order valence-electron chi connectivity index (χ1n) is 8.74. The minimum absolute atomic E-state index is 0.0788. The highest BCUT2D eigenvalue weighted by Crippen LogP contribution is 2.42. The lowest BCUT2D eigenvalue weighted by Gasteiger charge is -2.60. The number of urea groups is 1. The average Bonchev–Trinajstić information content (AvgIpc) is 2.96. The minimum Gasteiger partial charge on any atom is -0.355 e. The molecule has 2 saturated heterocycles. The molecule has 7 heteroatoms. The molecule has 134 valence electrons. The van der Waals surface area contributed by atoms with Gasteiger partial charge in [0.1, 0.15) is 11.6 Å². The van der Waals surface area contributed by atoms with E-state index in [2.05, 4.69) is 9.88 Å². The molecule has 0 bridgehead atoms. The van der Waals surface area contributed by atoms with Crippen LogP contribution in [0.4, 0.5) is 20.7 Å². The number of fused-ring (bicyclic) bond motifs is 1. The Balaban J connectivity index is 1.21. The summed E-state index contributed by atoms with van der Waals surface area (Å²) >= 11 is 6.04. The predicted octanol–water partition coefficient (Wildman–Crippen LogP) is 3.18. The second-order valence-corrected chi connectivity index (χ2v) is 7.94. The van der Waals surface area contributed by atoms with Crippen LogP contribution in [0.1, 0.15) is 5.56 Å². The first-order chi connectivity index (χ1) is 12.5. The van der Waals surface area contributed by atoms with Crippen LogP contribution >= 0.6 is 11.6 Å². The molecule has 3 aliphatic heterocycles. The Kier molecular flexibility index (Phi) is 3.41. The van der Waals surface area contributed by atoms with Crippen molar-refractivity contribution in [2.45, 2.75) is 6.42 Å². The maximum Gasteiger partial charge on any atom is 0.324 e. The number of hydrogen-bond acceptors (Lipinski definition) is 3. The average molecular weight is 373 g/mol. The van der Waals surface area contributed by atoms with Gasteiger partial charge < -0.3 is 9.80 Å². The number of halogens is 2. The van der Waals surface area contributed by atoms with Crippen LogP contribution in [0.15, 0.2) is 36.5 Å². The number of carbonyl (C=O) groups excluding carboxylic acids is 1. The summed E-state index contributed by atoms with van der Waals surface area (Å²) in [6.07, 6.45) is 2.10. The van der Waals surface area contributed by atoms with Gasteiger partial charge in [-0.15, -0.1) is 0 Å². The van der Waals surface area contributed by atoms with Crippen molar-refractivity contribution < 1.29 is 9.18 Å². The third-order valence-electron chi connectivity index (χ3n) is 5.58. The molecule has 5 nitrogen and oxygen atoms in total. The first kappa shape index (κ1) is 15.9. The van der Waals surface area contributed by atoms with Gasteiger partial charge in [0.25, 0.3) is 0 Å². The van der Waals surface area contributed by atoms with Crippen LogP contribution < -0.4 is 9.80 Å².